The number of piperidine rings is 1. The van der Waals surface area contributed by atoms with Crippen molar-refractivity contribution in [2.24, 2.45) is 5.92 Å². The molecule has 21 heavy (non-hydrogen) atoms. The highest BCUT2D eigenvalue weighted by Gasteiger charge is 2.30. The Balaban J connectivity index is 1.83. The Bertz CT molecular complexity index is 676. The van der Waals surface area contributed by atoms with Gasteiger partial charge in [-0.05, 0) is 18.9 Å². The molecule has 2 heterocycles. The first kappa shape index (κ1) is 13.7. The number of furan rings is 1. The third kappa shape index (κ3) is 2.51. The lowest BCUT2D eigenvalue weighted by molar-refractivity contribution is -0.146. The van der Waals surface area contributed by atoms with E-state index in [-0.39, 0.29) is 17.8 Å². The zero-order valence-corrected chi connectivity index (χ0v) is 11.9. The molecule has 3 rings (SSSR count). The Labute approximate surface area is 122 Å². The monoisotopic (exact) mass is 287 g/mol. The molecule has 1 aliphatic heterocycles. The van der Waals surface area contributed by atoms with Crippen LogP contribution in [0.4, 0.5) is 0 Å². The molecule has 5 heteroatoms. The zero-order valence-electron chi connectivity index (χ0n) is 11.9. The maximum atomic E-state index is 12.6. The molecule has 0 bridgehead atoms. The number of methoxy groups -OCH3 is 1. The largest absolute Gasteiger partial charge is 0.469 e. The van der Waals surface area contributed by atoms with Crippen molar-refractivity contribution in [2.75, 3.05) is 20.2 Å². The van der Waals surface area contributed by atoms with Gasteiger partial charge in [0.2, 0.25) is 0 Å². The molecule has 0 N–H and O–H groups in total. The van der Waals surface area contributed by atoms with Crippen LogP contribution >= 0.6 is 0 Å². The van der Waals surface area contributed by atoms with Crippen LogP contribution in [0.25, 0.3) is 11.0 Å². The van der Waals surface area contributed by atoms with Crippen LogP contribution in [-0.2, 0) is 9.53 Å². The van der Waals surface area contributed by atoms with Gasteiger partial charge in [0.25, 0.3) is 5.91 Å². The van der Waals surface area contributed by atoms with Crippen molar-refractivity contribution in [3.05, 3.63) is 36.1 Å². The molecule has 0 aliphatic carbocycles. The summed E-state index contributed by atoms with van der Waals surface area (Å²) in [4.78, 5) is 26.0. The van der Waals surface area contributed by atoms with Crippen LogP contribution in [0.15, 0.2) is 34.9 Å². The van der Waals surface area contributed by atoms with Crippen molar-refractivity contribution in [1.29, 1.82) is 0 Å². The molecule has 0 saturated carbocycles. The molecular formula is C16H17NO4. The number of para-hydroxylation sites is 1. The number of amides is 1. The van der Waals surface area contributed by atoms with Crippen LogP contribution in [0, 0.1) is 5.92 Å². The average Bonchev–Trinajstić information content (AvgIpc) is 2.97. The fraction of sp³-hybridized carbons (Fsp3) is 0.375. The molecule has 1 aromatic carbocycles. The van der Waals surface area contributed by atoms with E-state index in [0.29, 0.717) is 24.2 Å². The van der Waals surface area contributed by atoms with E-state index in [2.05, 4.69) is 0 Å². The van der Waals surface area contributed by atoms with Gasteiger partial charge < -0.3 is 14.1 Å². The second-order valence-electron chi connectivity index (χ2n) is 5.26. The lowest BCUT2D eigenvalue weighted by atomic mass is 9.97. The number of carbonyl (C=O) groups excluding carboxylic acids is 2. The molecular weight excluding hydrogens is 270 g/mol. The van der Waals surface area contributed by atoms with E-state index in [1.54, 1.807) is 4.90 Å². The number of likely N-dealkylation sites (tertiary alicyclic amines) is 1. The average molecular weight is 287 g/mol. The van der Waals surface area contributed by atoms with Gasteiger partial charge in [-0.25, -0.2) is 0 Å². The highest BCUT2D eigenvalue weighted by atomic mass is 16.5. The van der Waals surface area contributed by atoms with Crippen molar-refractivity contribution in [1.82, 2.24) is 4.90 Å². The fourth-order valence-electron chi connectivity index (χ4n) is 2.83. The first-order valence-electron chi connectivity index (χ1n) is 7.04. The Morgan fingerprint density at radius 1 is 1.33 bits per heavy atom. The summed E-state index contributed by atoms with van der Waals surface area (Å²) in [6, 6.07) is 7.45. The number of ether oxygens (including phenoxy) is 1. The lowest BCUT2D eigenvalue weighted by Crippen LogP contribution is -2.42. The second kappa shape index (κ2) is 5.60. The predicted molar refractivity (Wildman–Crippen MR) is 76.9 cm³/mol. The van der Waals surface area contributed by atoms with Gasteiger partial charge in [-0.15, -0.1) is 0 Å². The number of rotatable bonds is 2. The van der Waals surface area contributed by atoms with Gasteiger partial charge in [-0.3, -0.25) is 9.59 Å². The van der Waals surface area contributed by atoms with E-state index in [0.717, 1.165) is 18.2 Å². The van der Waals surface area contributed by atoms with Crippen molar-refractivity contribution in [3.63, 3.8) is 0 Å². The number of benzene rings is 1. The first-order valence-corrected chi connectivity index (χ1v) is 7.04. The number of carbonyl (C=O) groups is 2. The van der Waals surface area contributed by atoms with E-state index in [4.69, 9.17) is 9.15 Å². The number of nitrogens with zero attached hydrogens (tertiary/aromatic N) is 1. The lowest BCUT2D eigenvalue weighted by Gasteiger charge is -2.31. The first-order chi connectivity index (χ1) is 10.2. The van der Waals surface area contributed by atoms with Gasteiger partial charge in [0.15, 0.2) is 0 Å². The van der Waals surface area contributed by atoms with Crippen LogP contribution in [0.1, 0.15) is 23.2 Å². The topological polar surface area (TPSA) is 59.8 Å². The van der Waals surface area contributed by atoms with E-state index >= 15 is 0 Å². The van der Waals surface area contributed by atoms with Crippen LogP contribution in [0.5, 0.6) is 0 Å². The van der Waals surface area contributed by atoms with Gasteiger partial charge in [0.1, 0.15) is 11.8 Å². The standard InChI is InChI=1S/C16H17NO4/c1-20-16(19)11-5-4-8-17(9-11)15(18)13-10-21-14-7-3-2-6-12(13)14/h2-3,6-7,10-11H,4-5,8-9H2,1H3. The molecule has 1 aliphatic rings. The molecule has 1 atom stereocenters. The third-order valence-corrected chi connectivity index (χ3v) is 3.95. The van der Waals surface area contributed by atoms with Gasteiger partial charge in [-0.2, -0.15) is 0 Å². The number of hydrogen-bond donors (Lipinski definition) is 0. The summed E-state index contributed by atoms with van der Waals surface area (Å²) >= 11 is 0. The van der Waals surface area contributed by atoms with Crippen molar-refractivity contribution in [2.45, 2.75) is 12.8 Å². The SMILES string of the molecule is COC(=O)C1CCCN(C(=O)c2coc3ccccc23)C1. The summed E-state index contributed by atoms with van der Waals surface area (Å²) in [5, 5.41) is 0.808. The van der Waals surface area contributed by atoms with Gasteiger partial charge in [0.05, 0.1) is 18.6 Å². The fourth-order valence-corrected chi connectivity index (χ4v) is 2.83. The maximum Gasteiger partial charge on any atom is 0.310 e. The molecule has 1 unspecified atom stereocenters. The van der Waals surface area contributed by atoms with E-state index in [1.807, 2.05) is 24.3 Å². The predicted octanol–water partition coefficient (Wildman–Crippen LogP) is 2.46. The number of esters is 1. The van der Waals surface area contributed by atoms with Crippen molar-refractivity contribution < 1.29 is 18.7 Å². The molecule has 1 fully saturated rings. The summed E-state index contributed by atoms with van der Waals surface area (Å²) in [6.45, 7) is 1.07. The van der Waals surface area contributed by atoms with E-state index in [9.17, 15) is 9.59 Å². The summed E-state index contributed by atoms with van der Waals surface area (Å²) in [6.07, 6.45) is 3.07. The maximum absolute atomic E-state index is 12.6. The molecule has 110 valence electrons. The third-order valence-electron chi connectivity index (χ3n) is 3.95. The van der Waals surface area contributed by atoms with Crippen molar-refractivity contribution >= 4 is 22.8 Å². The Kier molecular flexibility index (Phi) is 3.64. The van der Waals surface area contributed by atoms with Crippen LogP contribution < -0.4 is 0 Å². The Hall–Kier alpha value is -2.30. The Morgan fingerprint density at radius 2 is 2.14 bits per heavy atom. The number of fused-ring (bicyclic) bond motifs is 1. The summed E-state index contributed by atoms with van der Waals surface area (Å²) < 4.78 is 10.2. The molecule has 2 aromatic rings. The highest BCUT2D eigenvalue weighted by molar-refractivity contribution is 6.06. The van der Waals surface area contributed by atoms with E-state index < -0.39 is 0 Å². The molecule has 0 spiro atoms. The zero-order chi connectivity index (χ0) is 14.8. The van der Waals surface area contributed by atoms with Crippen molar-refractivity contribution in [3.8, 4) is 0 Å². The van der Waals surface area contributed by atoms with Crippen LogP contribution in [0.3, 0.4) is 0 Å². The van der Waals surface area contributed by atoms with E-state index in [1.165, 1.54) is 13.4 Å². The van der Waals surface area contributed by atoms with Crippen LogP contribution in [0.2, 0.25) is 0 Å². The molecule has 1 saturated heterocycles. The minimum Gasteiger partial charge on any atom is -0.469 e. The van der Waals surface area contributed by atoms with Gasteiger partial charge in [-0.1, -0.05) is 18.2 Å². The quantitative estimate of drug-likeness (QED) is 0.796. The molecule has 0 radical (unpaired) electrons. The normalized spacial score (nSPS) is 18.7. The van der Waals surface area contributed by atoms with Gasteiger partial charge in [0, 0.05) is 18.5 Å². The minimum absolute atomic E-state index is 0.0893. The van der Waals surface area contributed by atoms with Crippen LogP contribution in [-0.4, -0.2) is 37.0 Å². The summed E-state index contributed by atoms with van der Waals surface area (Å²) in [5.74, 6) is -0.566. The highest BCUT2D eigenvalue weighted by Crippen LogP contribution is 2.25. The smallest absolute Gasteiger partial charge is 0.310 e. The molecule has 5 nitrogen and oxygen atoms in total. The molecule has 1 aromatic heterocycles. The molecule has 1 amide bonds. The Morgan fingerprint density at radius 3 is 2.95 bits per heavy atom. The second-order valence-corrected chi connectivity index (χ2v) is 5.26. The number of hydrogen-bond acceptors (Lipinski definition) is 4. The minimum atomic E-state index is -0.246. The summed E-state index contributed by atoms with van der Waals surface area (Å²) in [7, 11) is 1.38. The summed E-state index contributed by atoms with van der Waals surface area (Å²) in [5.41, 5.74) is 1.25. The van der Waals surface area contributed by atoms with Gasteiger partial charge >= 0.3 is 5.97 Å².